The Morgan fingerprint density at radius 1 is 1.28 bits per heavy atom. The van der Waals surface area contributed by atoms with Gasteiger partial charge in [0.05, 0.1) is 0 Å². The fourth-order valence-corrected chi connectivity index (χ4v) is 2.71. The number of likely N-dealkylation sites (tertiary alicyclic amines) is 1. The minimum Gasteiger partial charge on any atom is -0.330 e. The van der Waals surface area contributed by atoms with Crippen molar-refractivity contribution >= 4 is 0 Å². The van der Waals surface area contributed by atoms with E-state index in [2.05, 4.69) is 49.9 Å². The summed E-state index contributed by atoms with van der Waals surface area (Å²) in [5, 5.41) is 0. The molecule has 0 radical (unpaired) electrons. The van der Waals surface area contributed by atoms with Crippen LogP contribution in [0.15, 0.2) is 24.3 Å². The van der Waals surface area contributed by atoms with Crippen LogP contribution in [0.5, 0.6) is 0 Å². The second-order valence-corrected chi connectivity index (χ2v) is 6.50. The third-order valence-corrected chi connectivity index (χ3v) is 4.06. The van der Waals surface area contributed by atoms with E-state index in [1.165, 1.54) is 30.6 Å². The summed E-state index contributed by atoms with van der Waals surface area (Å²) in [6.07, 6.45) is 1.31. The average molecular weight is 246 g/mol. The molecule has 0 saturated carbocycles. The Kier molecular flexibility index (Phi) is 4.08. The largest absolute Gasteiger partial charge is 0.330 e. The molecule has 1 aromatic rings. The number of nitrogens with zero attached hydrogens (tertiary/aromatic N) is 1. The summed E-state index contributed by atoms with van der Waals surface area (Å²) in [6.45, 7) is 11.2. The highest BCUT2D eigenvalue weighted by molar-refractivity contribution is 5.25. The predicted molar refractivity (Wildman–Crippen MR) is 77.6 cm³/mol. The third-order valence-electron chi connectivity index (χ3n) is 4.06. The van der Waals surface area contributed by atoms with Gasteiger partial charge in [0.2, 0.25) is 0 Å². The minimum absolute atomic E-state index is 0.463. The Labute approximate surface area is 111 Å². The highest BCUT2D eigenvalue weighted by Gasteiger charge is 2.28. The first-order chi connectivity index (χ1) is 8.50. The van der Waals surface area contributed by atoms with Gasteiger partial charge < -0.3 is 5.73 Å². The summed E-state index contributed by atoms with van der Waals surface area (Å²) in [7, 11) is 0. The second kappa shape index (κ2) is 5.41. The van der Waals surface area contributed by atoms with E-state index in [9.17, 15) is 0 Å². The van der Waals surface area contributed by atoms with Crippen molar-refractivity contribution in [2.24, 2.45) is 11.1 Å². The van der Waals surface area contributed by atoms with Gasteiger partial charge in [-0.1, -0.05) is 45.0 Å². The Bertz CT molecular complexity index is 381. The van der Waals surface area contributed by atoms with E-state index in [0.29, 0.717) is 11.3 Å². The van der Waals surface area contributed by atoms with Gasteiger partial charge in [-0.3, -0.25) is 4.90 Å². The second-order valence-electron chi connectivity index (χ2n) is 6.50. The molecule has 2 N–H and O–H groups in total. The van der Waals surface area contributed by atoms with Crippen molar-refractivity contribution in [3.63, 3.8) is 0 Å². The fourth-order valence-electron chi connectivity index (χ4n) is 2.71. The molecule has 100 valence electrons. The molecule has 2 nitrogen and oxygen atoms in total. The van der Waals surface area contributed by atoms with E-state index < -0.39 is 0 Å². The van der Waals surface area contributed by atoms with Crippen LogP contribution in [-0.2, 0) is 6.54 Å². The summed E-state index contributed by atoms with van der Waals surface area (Å²) < 4.78 is 0. The lowest BCUT2D eigenvalue weighted by Crippen LogP contribution is -2.22. The molecule has 1 aromatic carbocycles. The fraction of sp³-hybridized carbons (Fsp3) is 0.625. The molecular formula is C16H26N2. The quantitative estimate of drug-likeness (QED) is 0.885. The predicted octanol–water partition coefficient (Wildman–Crippen LogP) is 2.98. The lowest BCUT2D eigenvalue weighted by molar-refractivity contribution is 0.284. The molecule has 0 amide bonds. The number of hydrogen-bond acceptors (Lipinski definition) is 2. The molecule has 0 spiro atoms. The van der Waals surface area contributed by atoms with E-state index in [1.807, 2.05) is 0 Å². The standard InChI is InChI=1S/C16H26N2/c1-13(10-17)15-6-4-14(5-7-15)11-18-9-8-16(2,3)12-18/h4-7,13H,8-12,17H2,1-3H3. The van der Waals surface area contributed by atoms with Crippen LogP contribution >= 0.6 is 0 Å². The molecule has 0 aromatic heterocycles. The van der Waals surface area contributed by atoms with Crippen LogP contribution in [0.2, 0.25) is 0 Å². The van der Waals surface area contributed by atoms with Gasteiger partial charge in [-0.05, 0) is 42.0 Å². The van der Waals surface area contributed by atoms with Crippen molar-refractivity contribution in [3.05, 3.63) is 35.4 Å². The van der Waals surface area contributed by atoms with Gasteiger partial charge >= 0.3 is 0 Å². The van der Waals surface area contributed by atoms with Gasteiger partial charge in [-0.25, -0.2) is 0 Å². The molecule has 18 heavy (non-hydrogen) atoms. The molecule has 1 saturated heterocycles. The van der Waals surface area contributed by atoms with E-state index in [-0.39, 0.29) is 0 Å². The molecule has 0 aliphatic carbocycles. The Balaban J connectivity index is 1.95. The minimum atomic E-state index is 0.463. The highest BCUT2D eigenvalue weighted by atomic mass is 15.1. The SMILES string of the molecule is CC(CN)c1ccc(CN2CCC(C)(C)C2)cc1. The van der Waals surface area contributed by atoms with Crippen molar-refractivity contribution in [3.8, 4) is 0 Å². The Morgan fingerprint density at radius 2 is 1.94 bits per heavy atom. The average Bonchev–Trinajstić information content (AvgIpc) is 2.68. The van der Waals surface area contributed by atoms with Crippen molar-refractivity contribution < 1.29 is 0 Å². The van der Waals surface area contributed by atoms with Gasteiger partial charge in [0.15, 0.2) is 0 Å². The maximum absolute atomic E-state index is 5.70. The number of benzene rings is 1. The van der Waals surface area contributed by atoms with Crippen molar-refractivity contribution in [2.45, 2.75) is 39.7 Å². The zero-order valence-electron chi connectivity index (χ0n) is 11.9. The first kappa shape index (κ1) is 13.6. The Morgan fingerprint density at radius 3 is 2.44 bits per heavy atom. The van der Waals surface area contributed by atoms with Gasteiger partial charge in [0.25, 0.3) is 0 Å². The van der Waals surface area contributed by atoms with E-state index in [0.717, 1.165) is 13.1 Å². The van der Waals surface area contributed by atoms with Crippen molar-refractivity contribution in [1.82, 2.24) is 4.90 Å². The van der Waals surface area contributed by atoms with E-state index in [4.69, 9.17) is 5.73 Å². The first-order valence-electron chi connectivity index (χ1n) is 7.01. The number of rotatable bonds is 4. The van der Waals surface area contributed by atoms with Crippen molar-refractivity contribution in [2.75, 3.05) is 19.6 Å². The molecule has 1 fully saturated rings. The van der Waals surface area contributed by atoms with Crippen LogP contribution in [0, 0.1) is 5.41 Å². The lowest BCUT2D eigenvalue weighted by Gasteiger charge is -2.20. The topological polar surface area (TPSA) is 29.3 Å². The summed E-state index contributed by atoms with van der Waals surface area (Å²) in [5.74, 6) is 0.463. The van der Waals surface area contributed by atoms with Crippen LogP contribution in [0.1, 0.15) is 44.2 Å². The molecule has 0 bridgehead atoms. The normalized spacial score (nSPS) is 21.1. The molecule has 2 rings (SSSR count). The Hall–Kier alpha value is -0.860. The van der Waals surface area contributed by atoms with Gasteiger partial charge in [0.1, 0.15) is 0 Å². The maximum Gasteiger partial charge on any atom is 0.0233 e. The number of hydrogen-bond donors (Lipinski definition) is 1. The first-order valence-corrected chi connectivity index (χ1v) is 7.01. The molecule has 2 heteroatoms. The van der Waals surface area contributed by atoms with Crippen LogP contribution in [0.25, 0.3) is 0 Å². The molecule has 1 atom stereocenters. The molecule has 1 aliphatic rings. The summed E-state index contributed by atoms with van der Waals surface area (Å²) in [4.78, 5) is 2.56. The van der Waals surface area contributed by atoms with Crippen molar-refractivity contribution in [1.29, 1.82) is 0 Å². The van der Waals surface area contributed by atoms with E-state index in [1.54, 1.807) is 0 Å². The lowest BCUT2D eigenvalue weighted by atomic mass is 9.93. The summed E-state index contributed by atoms with van der Waals surface area (Å²) in [6, 6.07) is 8.97. The monoisotopic (exact) mass is 246 g/mol. The van der Waals surface area contributed by atoms with Crippen LogP contribution < -0.4 is 5.73 Å². The zero-order valence-corrected chi connectivity index (χ0v) is 11.9. The highest BCUT2D eigenvalue weighted by Crippen LogP contribution is 2.29. The zero-order chi connectivity index (χ0) is 13.2. The summed E-state index contributed by atoms with van der Waals surface area (Å²) in [5.41, 5.74) is 8.96. The van der Waals surface area contributed by atoms with Crippen LogP contribution in [0.3, 0.4) is 0 Å². The smallest absolute Gasteiger partial charge is 0.0233 e. The van der Waals surface area contributed by atoms with Crippen LogP contribution in [0.4, 0.5) is 0 Å². The van der Waals surface area contributed by atoms with Gasteiger partial charge in [-0.15, -0.1) is 0 Å². The van der Waals surface area contributed by atoms with Gasteiger partial charge in [-0.2, -0.15) is 0 Å². The molecule has 1 heterocycles. The van der Waals surface area contributed by atoms with Gasteiger partial charge in [0, 0.05) is 13.1 Å². The molecular weight excluding hydrogens is 220 g/mol. The summed E-state index contributed by atoms with van der Waals surface area (Å²) >= 11 is 0. The molecule has 1 aliphatic heterocycles. The molecule has 1 unspecified atom stereocenters. The van der Waals surface area contributed by atoms with Crippen LogP contribution in [-0.4, -0.2) is 24.5 Å². The maximum atomic E-state index is 5.70. The van der Waals surface area contributed by atoms with E-state index >= 15 is 0 Å². The third kappa shape index (κ3) is 3.33. The number of nitrogens with two attached hydrogens (primary N) is 1.